The van der Waals surface area contributed by atoms with Gasteiger partial charge in [-0.15, -0.1) is 0 Å². The third-order valence-corrected chi connectivity index (χ3v) is 6.83. The molecule has 0 aliphatic heterocycles. The zero-order valence-corrected chi connectivity index (χ0v) is 13.3. The smallest absolute Gasteiger partial charge is 0.260 e. The van der Waals surface area contributed by atoms with Crippen LogP contribution in [-0.4, -0.2) is 34.8 Å². The normalized spacial score (nSPS) is 22.7. The summed E-state index contributed by atoms with van der Waals surface area (Å²) < 4.78 is 27.9. The molecule has 2 saturated carbocycles. The number of aromatic amines is 1. The Balaban J connectivity index is 1.90. The summed E-state index contributed by atoms with van der Waals surface area (Å²) in [5.41, 5.74) is 0. The molecule has 6 heteroatoms. The molecule has 0 aromatic carbocycles. The molecule has 3 rings (SSSR count). The van der Waals surface area contributed by atoms with Crippen LogP contribution in [0.3, 0.4) is 0 Å². The number of nitrogens with one attached hydrogen (secondary N) is 1. The Labute approximate surface area is 127 Å². The van der Waals surface area contributed by atoms with E-state index in [4.69, 9.17) is 0 Å². The first-order valence-electron chi connectivity index (χ1n) is 8.21. The molecule has 118 valence electrons. The summed E-state index contributed by atoms with van der Waals surface area (Å²) in [6, 6.07) is 0.352. The quantitative estimate of drug-likeness (QED) is 0.929. The molecule has 2 aliphatic carbocycles. The monoisotopic (exact) mass is 311 g/mol. The Morgan fingerprint density at radius 2 is 1.48 bits per heavy atom. The number of hydrogen-bond donors (Lipinski definition) is 1. The van der Waals surface area contributed by atoms with Gasteiger partial charge in [-0.3, -0.25) is 0 Å². The van der Waals surface area contributed by atoms with E-state index in [1.54, 1.807) is 0 Å². The molecule has 2 aliphatic rings. The highest BCUT2D eigenvalue weighted by Crippen LogP contribution is 2.34. The Kier molecular flexibility index (Phi) is 4.64. The van der Waals surface area contributed by atoms with Crippen molar-refractivity contribution in [1.29, 1.82) is 0 Å². The molecule has 1 heterocycles. The molecular weight excluding hydrogens is 286 g/mol. The average molecular weight is 311 g/mol. The Bertz CT molecular complexity index is 511. The van der Waals surface area contributed by atoms with E-state index in [0.29, 0.717) is 0 Å². The van der Waals surface area contributed by atoms with Crippen molar-refractivity contribution in [2.24, 2.45) is 0 Å². The number of H-pyrrole nitrogens is 1. The Morgan fingerprint density at radius 3 is 1.90 bits per heavy atom. The summed E-state index contributed by atoms with van der Waals surface area (Å²) in [4.78, 5) is 6.70. The highest BCUT2D eigenvalue weighted by atomic mass is 32.2. The summed E-state index contributed by atoms with van der Waals surface area (Å²) in [6.07, 6.45) is 14.0. The Morgan fingerprint density at radius 1 is 0.952 bits per heavy atom. The van der Waals surface area contributed by atoms with Gasteiger partial charge in [-0.1, -0.05) is 38.5 Å². The summed E-state index contributed by atoms with van der Waals surface area (Å²) >= 11 is 0. The van der Waals surface area contributed by atoms with Gasteiger partial charge in [0.05, 0.1) is 12.5 Å². The summed E-state index contributed by atoms with van der Waals surface area (Å²) in [5.74, 6) is 0. The number of aromatic nitrogens is 2. The molecule has 5 nitrogen and oxygen atoms in total. The van der Waals surface area contributed by atoms with Crippen LogP contribution in [-0.2, 0) is 10.0 Å². The van der Waals surface area contributed by atoms with Gasteiger partial charge in [0.25, 0.3) is 10.0 Å². The van der Waals surface area contributed by atoms with Gasteiger partial charge < -0.3 is 4.98 Å². The van der Waals surface area contributed by atoms with Crippen molar-refractivity contribution in [1.82, 2.24) is 14.3 Å². The number of hydrogen-bond acceptors (Lipinski definition) is 3. The van der Waals surface area contributed by atoms with Crippen LogP contribution in [0.15, 0.2) is 17.6 Å². The second kappa shape index (κ2) is 6.48. The predicted molar refractivity (Wildman–Crippen MR) is 81.4 cm³/mol. The van der Waals surface area contributed by atoms with Crippen LogP contribution >= 0.6 is 0 Å². The van der Waals surface area contributed by atoms with Gasteiger partial charge in [0, 0.05) is 12.1 Å². The lowest BCUT2D eigenvalue weighted by Crippen LogP contribution is -2.48. The maximum Gasteiger partial charge on any atom is 0.260 e. The maximum absolute atomic E-state index is 13.0. The number of nitrogens with zero attached hydrogens (tertiary/aromatic N) is 2. The van der Waals surface area contributed by atoms with Gasteiger partial charge in [0.2, 0.25) is 0 Å². The molecule has 0 unspecified atom stereocenters. The first kappa shape index (κ1) is 15.0. The van der Waals surface area contributed by atoms with E-state index in [0.717, 1.165) is 51.4 Å². The number of imidazole rings is 1. The molecule has 0 atom stereocenters. The molecule has 21 heavy (non-hydrogen) atoms. The molecular formula is C15H25N3O2S. The van der Waals surface area contributed by atoms with E-state index in [1.807, 2.05) is 4.31 Å². The standard InChI is InChI=1S/C15H25N3O2S/c19-21(20,15-11-16-12-17-15)18(13-7-3-1-4-8-13)14-9-5-2-6-10-14/h11-14H,1-10H2,(H,16,17). The fraction of sp³-hybridized carbons (Fsp3) is 0.800. The average Bonchev–Trinajstić information content (AvgIpc) is 3.04. The molecule has 1 aromatic heterocycles. The van der Waals surface area contributed by atoms with Crippen molar-refractivity contribution in [2.45, 2.75) is 81.3 Å². The van der Waals surface area contributed by atoms with Crippen LogP contribution in [0.5, 0.6) is 0 Å². The van der Waals surface area contributed by atoms with Crippen molar-refractivity contribution >= 4 is 10.0 Å². The second-order valence-corrected chi connectivity index (χ2v) is 8.15. The van der Waals surface area contributed by atoms with Crippen molar-refractivity contribution in [3.8, 4) is 0 Å². The SMILES string of the molecule is O=S(=O)(c1cnc[nH]1)N(C1CCCCC1)C1CCCCC1. The minimum Gasteiger partial charge on any atom is -0.335 e. The largest absolute Gasteiger partial charge is 0.335 e. The third kappa shape index (κ3) is 3.16. The number of sulfonamides is 1. The van der Waals surface area contributed by atoms with E-state index in [1.165, 1.54) is 25.4 Å². The summed E-state index contributed by atoms with van der Waals surface area (Å²) in [5, 5.41) is 0.249. The predicted octanol–water partition coefficient (Wildman–Crippen LogP) is 3.07. The van der Waals surface area contributed by atoms with Crippen LogP contribution in [0.1, 0.15) is 64.2 Å². The van der Waals surface area contributed by atoms with Gasteiger partial charge in [-0.05, 0) is 25.7 Å². The van der Waals surface area contributed by atoms with E-state index in [-0.39, 0.29) is 17.1 Å². The molecule has 0 saturated heterocycles. The van der Waals surface area contributed by atoms with E-state index in [2.05, 4.69) is 9.97 Å². The van der Waals surface area contributed by atoms with E-state index in [9.17, 15) is 8.42 Å². The van der Waals surface area contributed by atoms with Gasteiger partial charge >= 0.3 is 0 Å². The summed E-state index contributed by atoms with van der Waals surface area (Å²) in [7, 11) is -3.44. The fourth-order valence-electron chi connectivity index (χ4n) is 3.86. The third-order valence-electron chi connectivity index (χ3n) is 4.90. The van der Waals surface area contributed by atoms with Crippen molar-refractivity contribution in [3.05, 3.63) is 12.5 Å². The first-order chi connectivity index (χ1) is 10.2. The van der Waals surface area contributed by atoms with Crippen LogP contribution in [0.25, 0.3) is 0 Å². The number of rotatable bonds is 4. The van der Waals surface area contributed by atoms with Gasteiger partial charge in [0.1, 0.15) is 0 Å². The van der Waals surface area contributed by atoms with E-state index < -0.39 is 10.0 Å². The van der Waals surface area contributed by atoms with Crippen LogP contribution in [0.4, 0.5) is 0 Å². The second-order valence-electron chi connectivity index (χ2n) is 6.33. The van der Waals surface area contributed by atoms with E-state index >= 15 is 0 Å². The van der Waals surface area contributed by atoms with Crippen molar-refractivity contribution < 1.29 is 8.42 Å². The van der Waals surface area contributed by atoms with Crippen LogP contribution in [0, 0.1) is 0 Å². The lowest BCUT2D eigenvalue weighted by Gasteiger charge is -2.40. The zero-order chi connectivity index (χ0) is 14.7. The lowest BCUT2D eigenvalue weighted by molar-refractivity contribution is 0.169. The van der Waals surface area contributed by atoms with Gasteiger partial charge in [-0.25, -0.2) is 13.4 Å². The Hall–Kier alpha value is -0.880. The fourth-order valence-corrected chi connectivity index (χ4v) is 5.69. The molecule has 1 aromatic rings. The molecule has 1 N–H and O–H groups in total. The molecule has 0 bridgehead atoms. The highest BCUT2D eigenvalue weighted by Gasteiger charge is 2.38. The first-order valence-corrected chi connectivity index (χ1v) is 9.65. The van der Waals surface area contributed by atoms with Gasteiger partial charge in [0.15, 0.2) is 5.03 Å². The van der Waals surface area contributed by atoms with Gasteiger partial charge in [-0.2, -0.15) is 4.31 Å². The molecule has 0 amide bonds. The minimum atomic E-state index is -3.44. The highest BCUT2D eigenvalue weighted by molar-refractivity contribution is 7.89. The summed E-state index contributed by atoms with van der Waals surface area (Å²) in [6.45, 7) is 0. The topological polar surface area (TPSA) is 66.1 Å². The van der Waals surface area contributed by atoms with Crippen LogP contribution in [0.2, 0.25) is 0 Å². The van der Waals surface area contributed by atoms with Crippen molar-refractivity contribution in [3.63, 3.8) is 0 Å². The molecule has 0 radical (unpaired) electrons. The van der Waals surface area contributed by atoms with Crippen molar-refractivity contribution in [2.75, 3.05) is 0 Å². The van der Waals surface area contributed by atoms with Crippen LogP contribution < -0.4 is 0 Å². The zero-order valence-electron chi connectivity index (χ0n) is 12.5. The maximum atomic E-state index is 13.0. The molecule has 2 fully saturated rings. The minimum absolute atomic E-state index is 0.176. The molecule has 0 spiro atoms. The lowest BCUT2D eigenvalue weighted by atomic mass is 9.91.